The zero-order chi connectivity index (χ0) is 13.8. The highest BCUT2D eigenvalue weighted by molar-refractivity contribution is 5.78. The van der Waals surface area contributed by atoms with E-state index in [1.165, 1.54) is 0 Å². The van der Waals surface area contributed by atoms with Gasteiger partial charge in [-0.15, -0.1) is 0 Å². The van der Waals surface area contributed by atoms with E-state index in [0.29, 0.717) is 13.1 Å². The summed E-state index contributed by atoms with van der Waals surface area (Å²) < 4.78 is 18.1. The van der Waals surface area contributed by atoms with Crippen LogP contribution in [0.4, 0.5) is 10.1 Å². The highest BCUT2D eigenvalue weighted by atomic mass is 19.1. The summed E-state index contributed by atoms with van der Waals surface area (Å²) in [6.07, 6.45) is 1.90. The second-order valence-electron chi connectivity index (χ2n) is 4.25. The lowest BCUT2D eigenvalue weighted by Crippen LogP contribution is -2.32. The van der Waals surface area contributed by atoms with Crippen LogP contribution in [0.2, 0.25) is 0 Å². The number of rotatable bonds is 4. The quantitative estimate of drug-likeness (QED) is 0.615. The number of ether oxygens (including phenoxy) is 1. The van der Waals surface area contributed by atoms with Crippen LogP contribution in [0, 0.1) is 15.9 Å². The van der Waals surface area contributed by atoms with Gasteiger partial charge < -0.3 is 9.64 Å². The Labute approximate surface area is 108 Å². The van der Waals surface area contributed by atoms with Crippen LogP contribution < -0.4 is 4.74 Å². The molecule has 0 bridgehead atoms. The molecule has 1 amide bonds. The number of nitrogens with zero attached hydrogens (tertiary/aromatic N) is 2. The van der Waals surface area contributed by atoms with Crippen LogP contribution in [0.25, 0.3) is 0 Å². The first kappa shape index (κ1) is 13.3. The minimum atomic E-state index is -0.672. The van der Waals surface area contributed by atoms with Crippen LogP contribution in [0.5, 0.6) is 5.75 Å². The molecule has 1 aliphatic heterocycles. The summed E-state index contributed by atoms with van der Waals surface area (Å²) in [5, 5.41) is 10.7. The molecule has 1 aromatic rings. The van der Waals surface area contributed by atoms with Gasteiger partial charge in [0.05, 0.1) is 4.92 Å². The molecule has 102 valence electrons. The lowest BCUT2D eigenvalue weighted by molar-refractivity contribution is -0.385. The Bertz CT molecular complexity index is 501. The summed E-state index contributed by atoms with van der Waals surface area (Å²) >= 11 is 0. The van der Waals surface area contributed by atoms with E-state index in [4.69, 9.17) is 4.74 Å². The van der Waals surface area contributed by atoms with Crippen molar-refractivity contribution in [2.75, 3.05) is 19.7 Å². The van der Waals surface area contributed by atoms with Crippen molar-refractivity contribution in [3.63, 3.8) is 0 Å². The van der Waals surface area contributed by atoms with Gasteiger partial charge in [-0.2, -0.15) is 0 Å². The second-order valence-corrected chi connectivity index (χ2v) is 4.25. The smallest absolute Gasteiger partial charge is 0.311 e. The largest absolute Gasteiger partial charge is 0.477 e. The Morgan fingerprint density at radius 2 is 2.11 bits per heavy atom. The predicted molar refractivity (Wildman–Crippen MR) is 64.4 cm³/mol. The number of carbonyl (C=O) groups is 1. The first-order valence-corrected chi connectivity index (χ1v) is 5.92. The molecular weight excluding hydrogens is 255 g/mol. The number of amides is 1. The van der Waals surface area contributed by atoms with E-state index in [2.05, 4.69) is 0 Å². The number of nitro benzene ring substituents is 1. The molecule has 19 heavy (non-hydrogen) atoms. The molecule has 1 saturated heterocycles. The molecule has 0 atom stereocenters. The fourth-order valence-electron chi connectivity index (χ4n) is 1.95. The van der Waals surface area contributed by atoms with Gasteiger partial charge in [0.1, 0.15) is 5.82 Å². The van der Waals surface area contributed by atoms with Crippen molar-refractivity contribution in [1.29, 1.82) is 0 Å². The number of likely N-dealkylation sites (tertiary alicyclic amines) is 1. The van der Waals surface area contributed by atoms with Gasteiger partial charge in [0.25, 0.3) is 5.91 Å². The average molecular weight is 268 g/mol. The maximum Gasteiger partial charge on any atom is 0.311 e. The Kier molecular flexibility index (Phi) is 3.94. The van der Waals surface area contributed by atoms with Gasteiger partial charge in [-0.1, -0.05) is 0 Å². The topological polar surface area (TPSA) is 72.7 Å². The van der Waals surface area contributed by atoms with Crippen molar-refractivity contribution in [3.8, 4) is 5.75 Å². The number of carbonyl (C=O) groups excluding carboxylic acids is 1. The van der Waals surface area contributed by atoms with E-state index in [1.807, 2.05) is 0 Å². The summed E-state index contributed by atoms with van der Waals surface area (Å²) in [6.45, 7) is 1.03. The number of nitro groups is 1. The highest BCUT2D eigenvalue weighted by Crippen LogP contribution is 2.27. The third-order valence-electron chi connectivity index (χ3n) is 2.93. The van der Waals surface area contributed by atoms with Crippen molar-refractivity contribution in [2.24, 2.45) is 0 Å². The van der Waals surface area contributed by atoms with Crippen LogP contribution in [-0.2, 0) is 4.79 Å². The molecule has 0 saturated carbocycles. The summed E-state index contributed by atoms with van der Waals surface area (Å²) in [6, 6.07) is 2.91. The Morgan fingerprint density at radius 1 is 1.42 bits per heavy atom. The molecular formula is C12H13FN2O4. The maximum absolute atomic E-state index is 13.0. The summed E-state index contributed by atoms with van der Waals surface area (Å²) in [5.74, 6) is -1.11. The van der Waals surface area contributed by atoms with Crippen molar-refractivity contribution >= 4 is 11.6 Å². The number of hydrogen-bond acceptors (Lipinski definition) is 4. The number of benzene rings is 1. The Morgan fingerprint density at radius 3 is 2.74 bits per heavy atom. The molecule has 0 aliphatic carbocycles. The summed E-state index contributed by atoms with van der Waals surface area (Å²) in [7, 11) is 0. The van der Waals surface area contributed by atoms with Crippen molar-refractivity contribution in [2.45, 2.75) is 12.8 Å². The minimum absolute atomic E-state index is 0.224. The second kappa shape index (κ2) is 5.64. The van der Waals surface area contributed by atoms with Gasteiger partial charge in [-0.3, -0.25) is 14.9 Å². The molecule has 2 rings (SSSR count). The van der Waals surface area contributed by atoms with Gasteiger partial charge in [-0.05, 0) is 18.9 Å². The Balaban J connectivity index is 2.04. The molecule has 1 aliphatic rings. The molecule has 7 heteroatoms. The lowest BCUT2D eigenvalue weighted by atomic mass is 10.3. The molecule has 0 unspecified atom stereocenters. The van der Waals surface area contributed by atoms with Crippen molar-refractivity contribution in [3.05, 3.63) is 34.1 Å². The molecule has 0 radical (unpaired) electrons. The van der Waals surface area contributed by atoms with Gasteiger partial charge in [0.15, 0.2) is 6.61 Å². The van der Waals surface area contributed by atoms with Crippen LogP contribution >= 0.6 is 0 Å². The molecule has 1 aromatic carbocycles. The van der Waals surface area contributed by atoms with E-state index in [-0.39, 0.29) is 24.0 Å². The molecule has 0 aromatic heterocycles. The predicted octanol–water partition coefficient (Wildman–Crippen LogP) is 1.74. The SMILES string of the molecule is O=C(COc1cc(F)ccc1[N+](=O)[O-])N1CCCC1. The normalized spacial score (nSPS) is 14.5. The van der Waals surface area contributed by atoms with Crippen LogP contribution in [0.3, 0.4) is 0 Å². The van der Waals surface area contributed by atoms with Crippen LogP contribution in [0.1, 0.15) is 12.8 Å². The van der Waals surface area contributed by atoms with E-state index in [9.17, 15) is 19.3 Å². The standard InChI is InChI=1S/C12H13FN2O4/c13-9-3-4-10(15(17)18)11(7-9)19-8-12(16)14-5-1-2-6-14/h3-4,7H,1-2,5-6,8H2. The van der Waals surface area contributed by atoms with Gasteiger partial charge in [-0.25, -0.2) is 4.39 Å². The van der Waals surface area contributed by atoms with Crippen molar-refractivity contribution in [1.82, 2.24) is 4.90 Å². The van der Waals surface area contributed by atoms with Gasteiger partial charge >= 0.3 is 5.69 Å². The maximum atomic E-state index is 13.0. The molecule has 6 nitrogen and oxygen atoms in total. The third-order valence-corrected chi connectivity index (χ3v) is 2.93. The van der Waals surface area contributed by atoms with Crippen molar-refractivity contribution < 1.29 is 18.8 Å². The molecule has 0 spiro atoms. The van der Waals surface area contributed by atoms with Gasteiger partial charge in [0, 0.05) is 25.2 Å². The average Bonchev–Trinajstić information content (AvgIpc) is 2.89. The zero-order valence-corrected chi connectivity index (χ0v) is 10.2. The zero-order valence-electron chi connectivity index (χ0n) is 10.2. The van der Waals surface area contributed by atoms with Gasteiger partial charge in [0.2, 0.25) is 5.75 Å². The van der Waals surface area contributed by atoms with Crippen LogP contribution in [0.15, 0.2) is 18.2 Å². The fraction of sp³-hybridized carbons (Fsp3) is 0.417. The van der Waals surface area contributed by atoms with E-state index < -0.39 is 10.7 Å². The van der Waals surface area contributed by atoms with E-state index in [0.717, 1.165) is 31.0 Å². The number of hydrogen-bond donors (Lipinski definition) is 0. The van der Waals surface area contributed by atoms with E-state index in [1.54, 1.807) is 4.90 Å². The van der Waals surface area contributed by atoms with Crippen LogP contribution in [-0.4, -0.2) is 35.4 Å². The van der Waals surface area contributed by atoms with E-state index >= 15 is 0 Å². The molecule has 1 fully saturated rings. The lowest BCUT2D eigenvalue weighted by Gasteiger charge is -2.15. The third kappa shape index (κ3) is 3.18. The molecule has 1 heterocycles. The fourth-order valence-corrected chi connectivity index (χ4v) is 1.95. The molecule has 0 N–H and O–H groups in total. The highest BCUT2D eigenvalue weighted by Gasteiger charge is 2.21. The first-order valence-electron chi connectivity index (χ1n) is 5.92. The minimum Gasteiger partial charge on any atom is -0.477 e. The number of halogens is 1. The summed E-state index contributed by atoms with van der Waals surface area (Å²) in [4.78, 5) is 23.4. The Hall–Kier alpha value is -2.18. The first-order chi connectivity index (χ1) is 9.08. The monoisotopic (exact) mass is 268 g/mol. The summed E-state index contributed by atoms with van der Waals surface area (Å²) in [5.41, 5.74) is -0.351.